The summed E-state index contributed by atoms with van der Waals surface area (Å²) < 4.78 is 5.10. The molecule has 2 rings (SSSR count). The highest BCUT2D eigenvalue weighted by Crippen LogP contribution is 2.24. The summed E-state index contributed by atoms with van der Waals surface area (Å²) in [6, 6.07) is 0.417. The highest BCUT2D eigenvalue weighted by molar-refractivity contribution is 6.10. The average Bonchev–Trinajstić information content (AvgIpc) is 2.48. The molecule has 0 spiro atoms. The van der Waals surface area contributed by atoms with Crippen LogP contribution in [0.1, 0.15) is 25.7 Å². The van der Waals surface area contributed by atoms with Crippen LogP contribution in [-0.2, 0) is 4.74 Å². The second-order valence-corrected chi connectivity index (χ2v) is 5.39. The van der Waals surface area contributed by atoms with Gasteiger partial charge < -0.3 is 26.3 Å². The third-order valence-electron chi connectivity index (χ3n) is 3.98. The first-order valence-corrected chi connectivity index (χ1v) is 7.03. The van der Waals surface area contributed by atoms with Crippen LogP contribution < -0.4 is 11.1 Å². The maximum Gasteiger partial charge on any atom is 0.143 e. The Hall–Kier alpha value is -1.75. The Kier molecular flexibility index (Phi) is 4.84. The molecule has 0 amide bonds. The number of aliphatic hydroxyl groups excluding tert-OH is 1. The molecule has 110 valence electrons. The quantitative estimate of drug-likeness (QED) is 0.625. The molecule has 5 heteroatoms. The van der Waals surface area contributed by atoms with Gasteiger partial charge in [0.1, 0.15) is 5.76 Å². The van der Waals surface area contributed by atoms with Crippen molar-refractivity contribution >= 4 is 5.71 Å². The summed E-state index contributed by atoms with van der Waals surface area (Å²) in [4.78, 5) is 0. The summed E-state index contributed by atoms with van der Waals surface area (Å²) in [5.41, 5.74) is 7.57. The van der Waals surface area contributed by atoms with Gasteiger partial charge in [0.2, 0.25) is 0 Å². The maximum absolute atomic E-state index is 9.12. The molecule has 0 radical (unpaired) electrons. The predicted molar refractivity (Wildman–Crippen MR) is 79.1 cm³/mol. The number of hydrogen-bond donors (Lipinski definition) is 4. The zero-order chi connectivity index (χ0) is 14.5. The fourth-order valence-electron chi connectivity index (χ4n) is 2.63. The fourth-order valence-corrected chi connectivity index (χ4v) is 2.63. The molecule has 5 nitrogen and oxygen atoms in total. The minimum Gasteiger partial charge on any atom is -0.495 e. The third-order valence-corrected chi connectivity index (χ3v) is 3.98. The average molecular weight is 277 g/mol. The van der Waals surface area contributed by atoms with Crippen LogP contribution in [0, 0.1) is 11.3 Å². The van der Waals surface area contributed by atoms with E-state index in [2.05, 4.69) is 5.32 Å². The molecule has 2 aliphatic rings. The molecule has 1 saturated carbocycles. The zero-order valence-corrected chi connectivity index (χ0v) is 11.9. The standard InChI is InChI=1S/C15H23N3O2/c1-20-15-7-13(16)11(6-14(15)17)8-18-12-4-2-10(9-19)3-5-12/h6-8,10,12,16,18-19H,2-5,9,17H2,1H3/b11-8-,16-13?. The molecule has 0 aliphatic heterocycles. The molecule has 5 N–H and O–H groups in total. The summed E-state index contributed by atoms with van der Waals surface area (Å²) in [7, 11) is 1.55. The van der Waals surface area contributed by atoms with Crippen LogP contribution in [-0.4, -0.2) is 30.6 Å². The van der Waals surface area contributed by atoms with E-state index in [-0.39, 0.29) is 0 Å². The van der Waals surface area contributed by atoms with Crippen molar-refractivity contribution in [2.24, 2.45) is 11.7 Å². The molecule has 0 bridgehead atoms. The van der Waals surface area contributed by atoms with Gasteiger partial charge in [0.15, 0.2) is 0 Å². The number of allylic oxidation sites excluding steroid dienone is 3. The molecule has 0 aromatic carbocycles. The molecule has 0 atom stereocenters. The summed E-state index contributed by atoms with van der Waals surface area (Å²) in [6.07, 6.45) is 9.48. The first kappa shape index (κ1) is 14.7. The minimum atomic E-state index is 0.294. The molecule has 0 aromatic heterocycles. The lowest BCUT2D eigenvalue weighted by molar-refractivity contribution is 0.178. The Labute approximate surface area is 119 Å². The van der Waals surface area contributed by atoms with E-state index in [0.29, 0.717) is 35.7 Å². The van der Waals surface area contributed by atoms with Crippen molar-refractivity contribution in [1.29, 1.82) is 5.41 Å². The van der Waals surface area contributed by atoms with Gasteiger partial charge in [-0.1, -0.05) is 0 Å². The molecular formula is C15H23N3O2. The Balaban J connectivity index is 1.93. The van der Waals surface area contributed by atoms with Gasteiger partial charge in [0, 0.05) is 30.5 Å². The van der Waals surface area contributed by atoms with Gasteiger partial charge >= 0.3 is 0 Å². The second kappa shape index (κ2) is 6.61. The van der Waals surface area contributed by atoms with E-state index in [1.165, 1.54) is 0 Å². The van der Waals surface area contributed by atoms with Crippen molar-refractivity contribution < 1.29 is 9.84 Å². The number of nitrogens with two attached hydrogens (primary N) is 1. The van der Waals surface area contributed by atoms with Crippen molar-refractivity contribution in [3.63, 3.8) is 0 Å². The number of rotatable bonds is 4. The van der Waals surface area contributed by atoms with Crippen LogP contribution in [0.2, 0.25) is 0 Å². The van der Waals surface area contributed by atoms with Crippen LogP contribution in [0.4, 0.5) is 0 Å². The highest BCUT2D eigenvalue weighted by atomic mass is 16.5. The largest absolute Gasteiger partial charge is 0.495 e. The van der Waals surface area contributed by atoms with Crippen LogP contribution in [0.5, 0.6) is 0 Å². The van der Waals surface area contributed by atoms with Gasteiger partial charge in [-0.25, -0.2) is 0 Å². The topological polar surface area (TPSA) is 91.4 Å². The normalized spacial score (nSPS) is 28.9. The summed E-state index contributed by atoms with van der Waals surface area (Å²) in [5.74, 6) is 0.993. The van der Waals surface area contributed by atoms with Crippen LogP contribution in [0.15, 0.2) is 35.4 Å². The van der Waals surface area contributed by atoms with Gasteiger partial charge in [-0.3, -0.25) is 0 Å². The highest BCUT2D eigenvalue weighted by Gasteiger charge is 2.20. The molecule has 1 fully saturated rings. The van der Waals surface area contributed by atoms with Crippen LogP contribution in [0.3, 0.4) is 0 Å². The molecule has 0 unspecified atom stereocenters. The van der Waals surface area contributed by atoms with Crippen molar-refractivity contribution in [3.05, 3.63) is 35.4 Å². The molecule has 20 heavy (non-hydrogen) atoms. The predicted octanol–water partition coefficient (Wildman–Crippen LogP) is 1.42. The van der Waals surface area contributed by atoms with Crippen molar-refractivity contribution in [2.45, 2.75) is 31.7 Å². The van der Waals surface area contributed by atoms with E-state index >= 15 is 0 Å². The van der Waals surface area contributed by atoms with Gasteiger partial charge in [-0.2, -0.15) is 0 Å². The summed E-state index contributed by atoms with van der Waals surface area (Å²) in [6.45, 7) is 0.294. The summed E-state index contributed by atoms with van der Waals surface area (Å²) >= 11 is 0. The first-order valence-electron chi connectivity index (χ1n) is 7.03. The molecule has 2 aliphatic carbocycles. The Morgan fingerprint density at radius 3 is 2.70 bits per heavy atom. The SMILES string of the molecule is COC1=CC(=N)/C(=C\NC2CCC(CO)CC2)C=C1N. The lowest BCUT2D eigenvalue weighted by Gasteiger charge is -2.27. The van der Waals surface area contributed by atoms with E-state index < -0.39 is 0 Å². The lowest BCUT2D eigenvalue weighted by Crippen LogP contribution is -2.31. The monoisotopic (exact) mass is 277 g/mol. The molecular weight excluding hydrogens is 254 g/mol. The van der Waals surface area contributed by atoms with Crippen LogP contribution in [0.25, 0.3) is 0 Å². The van der Waals surface area contributed by atoms with Gasteiger partial charge in [-0.05, 0) is 37.7 Å². The smallest absolute Gasteiger partial charge is 0.143 e. The molecule has 0 aromatic rings. The Morgan fingerprint density at radius 1 is 1.40 bits per heavy atom. The van der Waals surface area contributed by atoms with Crippen LogP contribution >= 0.6 is 0 Å². The first-order chi connectivity index (χ1) is 9.63. The van der Waals surface area contributed by atoms with Crippen molar-refractivity contribution in [2.75, 3.05) is 13.7 Å². The Morgan fingerprint density at radius 2 is 2.10 bits per heavy atom. The van der Waals surface area contributed by atoms with E-state index in [1.54, 1.807) is 19.3 Å². The van der Waals surface area contributed by atoms with Gasteiger partial charge in [-0.15, -0.1) is 0 Å². The summed E-state index contributed by atoms with van der Waals surface area (Å²) in [5, 5.41) is 20.4. The number of ether oxygens (including phenoxy) is 1. The van der Waals surface area contributed by atoms with E-state index in [1.807, 2.05) is 6.20 Å². The molecule has 0 saturated heterocycles. The van der Waals surface area contributed by atoms with Gasteiger partial charge in [0.25, 0.3) is 0 Å². The zero-order valence-electron chi connectivity index (χ0n) is 11.9. The fraction of sp³-hybridized carbons (Fsp3) is 0.533. The third kappa shape index (κ3) is 3.42. The number of methoxy groups -OCH3 is 1. The van der Waals surface area contributed by atoms with E-state index in [0.717, 1.165) is 31.3 Å². The Bertz CT molecular complexity index is 458. The number of hydrogen-bond acceptors (Lipinski definition) is 5. The second-order valence-electron chi connectivity index (χ2n) is 5.39. The van der Waals surface area contributed by atoms with Gasteiger partial charge in [0.05, 0.1) is 18.5 Å². The molecule has 0 heterocycles. The minimum absolute atomic E-state index is 0.294. The van der Waals surface area contributed by atoms with E-state index in [4.69, 9.17) is 21.0 Å². The number of nitrogens with one attached hydrogen (secondary N) is 2. The maximum atomic E-state index is 9.12. The number of aliphatic hydroxyl groups is 1. The van der Waals surface area contributed by atoms with E-state index in [9.17, 15) is 0 Å². The van der Waals surface area contributed by atoms with Crippen molar-refractivity contribution in [3.8, 4) is 0 Å². The lowest BCUT2D eigenvalue weighted by atomic mass is 9.86. The van der Waals surface area contributed by atoms with Crippen molar-refractivity contribution in [1.82, 2.24) is 5.32 Å².